The van der Waals surface area contributed by atoms with Gasteiger partial charge in [-0.2, -0.15) is 0 Å². The van der Waals surface area contributed by atoms with Gasteiger partial charge in [0.2, 0.25) is 0 Å². The van der Waals surface area contributed by atoms with E-state index in [-0.39, 0.29) is 5.91 Å². The van der Waals surface area contributed by atoms with Crippen LogP contribution in [0.1, 0.15) is 20.9 Å². The maximum atomic E-state index is 12.7. The van der Waals surface area contributed by atoms with Gasteiger partial charge in [-0.3, -0.25) is 9.69 Å². The first-order valence-corrected chi connectivity index (χ1v) is 8.19. The molecule has 1 saturated heterocycles. The van der Waals surface area contributed by atoms with E-state index in [1.54, 1.807) is 16.2 Å². The highest BCUT2D eigenvalue weighted by molar-refractivity contribution is 7.80. The van der Waals surface area contributed by atoms with Gasteiger partial charge in [0.15, 0.2) is 5.11 Å². The predicted octanol–water partition coefficient (Wildman–Crippen LogP) is 3.94. The summed E-state index contributed by atoms with van der Waals surface area (Å²) in [6.45, 7) is 6.11. The van der Waals surface area contributed by atoms with Crippen LogP contribution < -0.4 is 10.2 Å². The van der Waals surface area contributed by atoms with Crippen molar-refractivity contribution in [3.63, 3.8) is 0 Å². The number of nitrogens with zero attached hydrogens (tertiary/aromatic N) is 1. The summed E-state index contributed by atoms with van der Waals surface area (Å²) in [6, 6.07) is 9.85. The van der Waals surface area contributed by atoms with E-state index in [9.17, 15) is 4.79 Å². The van der Waals surface area contributed by atoms with E-state index in [2.05, 4.69) is 25.2 Å². The maximum Gasteiger partial charge on any atom is 0.281 e. The number of aryl methyl sites for hydroxylation is 3. The quantitative estimate of drug-likeness (QED) is 0.669. The van der Waals surface area contributed by atoms with Gasteiger partial charge in [-0.05, 0) is 68.4 Å². The summed E-state index contributed by atoms with van der Waals surface area (Å²) in [7, 11) is 0. The Balaban J connectivity index is 1.96. The summed E-state index contributed by atoms with van der Waals surface area (Å²) < 4.78 is 0. The topological polar surface area (TPSA) is 32.3 Å². The second-order valence-corrected chi connectivity index (χ2v) is 7.18. The summed E-state index contributed by atoms with van der Waals surface area (Å²) in [5, 5.41) is 3.45. The number of anilines is 1. The fourth-order valence-corrected chi connectivity index (χ4v) is 3.69. The van der Waals surface area contributed by atoms with Crippen LogP contribution in [0.5, 0.6) is 0 Å². The highest BCUT2D eigenvalue weighted by atomic mass is 32.1. The molecule has 5 heteroatoms. The van der Waals surface area contributed by atoms with Crippen LogP contribution in [-0.2, 0) is 4.79 Å². The van der Waals surface area contributed by atoms with Crippen molar-refractivity contribution in [3.05, 3.63) is 56.9 Å². The van der Waals surface area contributed by atoms with Gasteiger partial charge >= 0.3 is 0 Å². The van der Waals surface area contributed by atoms with Crippen LogP contribution in [0, 0.1) is 20.8 Å². The van der Waals surface area contributed by atoms with Crippen molar-refractivity contribution in [2.24, 2.45) is 0 Å². The first-order chi connectivity index (χ1) is 10.5. The summed E-state index contributed by atoms with van der Waals surface area (Å²) in [4.78, 5) is 16.6. The smallest absolute Gasteiger partial charge is 0.281 e. The van der Waals surface area contributed by atoms with Crippen LogP contribution in [0.15, 0.2) is 36.0 Å². The molecule has 0 aliphatic carbocycles. The molecular formula is C17H16N2OS2. The van der Waals surface area contributed by atoms with Crippen LogP contribution in [0.25, 0.3) is 6.08 Å². The van der Waals surface area contributed by atoms with Crippen LogP contribution in [0.3, 0.4) is 0 Å². The molecule has 0 unspecified atom stereocenters. The third-order valence-corrected chi connectivity index (χ3v) is 4.78. The normalized spacial score (nSPS) is 16.5. The summed E-state index contributed by atoms with van der Waals surface area (Å²) in [5.74, 6) is -0.112. The van der Waals surface area contributed by atoms with Crippen molar-refractivity contribution in [2.75, 3.05) is 4.90 Å². The van der Waals surface area contributed by atoms with Gasteiger partial charge in [0.1, 0.15) is 5.70 Å². The van der Waals surface area contributed by atoms with Crippen molar-refractivity contribution in [3.8, 4) is 0 Å². The molecule has 22 heavy (non-hydrogen) atoms. The number of nitrogens with one attached hydrogen (secondary N) is 1. The van der Waals surface area contributed by atoms with Crippen molar-refractivity contribution in [2.45, 2.75) is 20.8 Å². The second-order valence-electron chi connectivity index (χ2n) is 5.34. The van der Waals surface area contributed by atoms with E-state index in [0.717, 1.165) is 16.8 Å². The molecule has 0 bridgehead atoms. The third kappa shape index (κ3) is 2.69. The lowest BCUT2D eigenvalue weighted by atomic mass is 10.2. The number of carbonyl (C=O) groups excluding carboxylic acids is 1. The fourth-order valence-electron chi connectivity index (χ4n) is 2.49. The Morgan fingerprint density at radius 1 is 1.23 bits per heavy atom. The number of hydrogen-bond acceptors (Lipinski definition) is 3. The molecule has 1 aromatic heterocycles. The lowest BCUT2D eigenvalue weighted by Crippen LogP contribution is -2.30. The molecule has 0 spiro atoms. The monoisotopic (exact) mass is 328 g/mol. The number of thiocarbonyl (C=S) groups is 1. The fraction of sp³-hybridized carbons (Fsp3) is 0.176. The predicted molar refractivity (Wildman–Crippen MR) is 96.2 cm³/mol. The van der Waals surface area contributed by atoms with Crippen LogP contribution in [0.2, 0.25) is 0 Å². The zero-order valence-corrected chi connectivity index (χ0v) is 14.3. The number of benzene rings is 1. The molecule has 0 saturated carbocycles. The molecule has 1 aliphatic heterocycles. The van der Waals surface area contributed by atoms with Gasteiger partial charge in [-0.1, -0.05) is 12.1 Å². The summed E-state index contributed by atoms with van der Waals surface area (Å²) >= 11 is 7.05. The van der Waals surface area contributed by atoms with E-state index in [4.69, 9.17) is 12.2 Å². The van der Waals surface area contributed by atoms with E-state index in [1.807, 2.05) is 37.3 Å². The Bertz CT molecular complexity index is 805. The highest BCUT2D eigenvalue weighted by Gasteiger charge is 2.32. The standard InChI is InChI=1S/C17H16N2OS2/c1-10-5-4-6-14(7-10)19-16(20)15(18-17(19)21)9-13-8-11(2)22-12(13)3/h4-9H,1-3H3,(H,18,21)/b15-9+. The van der Waals surface area contributed by atoms with Crippen LogP contribution >= 0.6 is 23.6 Å². The van der Waals surface area contributed by atoms with Crippen LogP contribution in [-0.4, -0.2) is 11.0 Å². The zero-order valence-electron chi connectivity index (χ0n) is 12.6. The largest absolute Gasteiger partial charge is 0.327 e. The molecule has 2 heterocycles. The summed E-state index contributed by atoms with van der Waals surface area (Å²) in [5.41, 5.74) is 3.47. The molecule has 3 nitrogen and oxygen atoms in total. The van der Waals surface area contributed by atoms with E-state index in [0.29, 0.717) is 10.8 Å². The Kier molecular flexibility index (Phi) is 3.85. The number of thiophene rings is 1. The molecule has 2 aromatic rings. The second kappa shape index (κ2) is 5.66. The Labute approximate surface area is 139 Å². The SMILES string of the molecule is Cc1cccc(N2C(=O)/C(=C\c3cc(C)sc3C)NC2=S)c1. The molecule has 1 aromatic carbocycles. The minimum absolute atomic E-state index is 0.112. The van der Waals surface area contributed by atoms with Gasteiger partial charge in [0, 0.05) is 9.75 Å². The Hall–Kier alpha value is -1.98. The average Bonchev–Trinajstić information content (AvgIpc) is 2.90. The molecule has 112 valence electrons. The molecule has 1 N–H and O–H groups in total. The minimum atomic E-state index is -0.112. The third-order valence-electron chi connectivity index (χ3n) is 3.52. The van der Waals surface area contributed by atoms with Gasteiger partial charge < -0.3 is 5.32 Å². The molecular weight excluding hydrogens is 312 g/mol. The Morgan fingerprint density at radius 2 is 2.00 bits per heavy atom. The molecule has 0 radical (unpaired) electrons. The molecule has 1 aliphatic rings. The number of hydrogen-bond donors (Lipinski definition) is 1. The van der Waals surface area contributed by atoms with E-state index in [1.165, 1.54) is 9.75 Å². The van der Waals surface area contributed by atoms with Gasteiger partial charge in [-0.15, -0.1) is 11.3 Å². The van der Waals surface area contributed by atoms with Gasteiger partial charge in [0.05, 0.1) is 5.69 Å². The highest BCUT2D eigenvalue weighted by Crippen LogP contribution is 2.26. The first kappa shape index (κ1) is 14.9. The van der Waals surface area contributed by atoms with E-state index >= 15 is 0 Å². The molecule has 1 amide bonds. The van der Waals surface area contributed by atoms with Gasteiger partial charge in [-0.25, -0.2) is 0 Å². The summed E-state index contributed by atoms with van der Waals surface area (Å²) in [6.07, 6.45) is 1.88. The Morgan fingerprint density at radius 3 is 2.64 bits per heavy atom. The number of carbonyl (C=O) groups is 1. The lowest BCUT2D eigenvalue weighted by molar-refractivity contribution is -0.113. The number of amides is 1. The zero-order chi connectivity index (χ0) is 15.9. The minimum Gasteiger partial charge on any atom is -0.327 e. The maximum absolute atomic E-state index is 12.7. The lowest BCUT2D eigenvalue weighted by Gasteiger charge is -2.14. The average molecular weight is 328 g/mol. The van der Waals surface area contributed by atoms with E-state index < -0.39 is 0 Å². The molecule has 0 atom stereocenters. The first-order valence-electron chi connectivity index (χ1n) is 6.96. The van der Waals surface area contributed by atoms with Crippen LogP contribution in [0.4, 0.5) is 5.69 Å². The van der Waals surface area contributed by atoms with Crippen molar-refractivity contribution >= 4 is 46.3 Å². The van der Waals surface area contributed by atoms with Gasteiger partial charge in [0.25, 0.3) is 5.91 Å². The molecule has 1 fully saturated rings. The van der Waals surface area contributed by atoms with Crippen molar-refractivity contribution in [1.82, 2.24) is 5.32 Å². The van der Waals surface area contributed by atoms with Crippen molar-refractivity contribution < 1.29 is 4.79 Å². The number of rotatable bonds is 2. The molecule has 3 rings (SSSR count). The van der Waals surface area contributed by atoms with Crippen molar-refractivity contribution in [1.29, 1.82) is 0 Å².